The van der Waals surface area contributed by atoms with Crippen molar-refractivity contribution in [2.45, 2.75) is 42.0 Å². The number of ether oxygens (including phenoxy) is 1. The molecule has 1 saturated heterocycles. The number of nitrogens with zero attached hydrogens (tertiary/aromatic N) is 2. The summed E-state index contributed by atoms with van der Waals surface area (Å²) in [5, 5.41) is 1.61. The van der Waals surface area contributed by atoms with Gasteiger partial charge in [-0.2, -0.15) is 0 Å². The molecular formula is C23H25BrN2O3S2. The van der Waals surface area contributed by atoms with Gasteiger partial charge in [-0.15, -0.1) is 11.8 Å². The maximum atomic E-state index is 13.1. The van der Waals surface area contributed by atoms with Crippen LogP contribution < -0.4 is 4.87 Å². The van der Waals surface area contributed by atoms with Crippen LogP contribution in [0.4, 0.5) is 0 Å². The number of aromatic nitrogens is 1. The molecule has 5 nitrogen and oxygen atoms in total. The van der Waals surface area contributed by atoms with Gasteiger partial charge in [-0.25, -0.2) is 0 Å². The predicted molar refractivity (Wildman–Crippen MR) is 126 cm³/mol. The van der Waals surface area contributed by atoms with Crippen LogP contribution in [0.15, 0.2) is 38.6 Å². The molecule has 2 bridgehead atoms. The molecule has 1 aromatic carbocycles. The number of hydrogen-bond donors (Lipinski definition) is 0. The summed E-state index contributed by atoms with van der Waals surface area (Å²) >= 11 is 6.83. The lowest BCUT2D eigenvalue weighted by Gasteiger charge is -2.40. The minimum absolute atomic E-state index is 0.00791. The fourth-order valence-corrected chi connectivity index (χ4v) is 9.59. The van der Waals surface area contributed by atoms with Crippen LogP contribution in [0.25, 0.3) is 0 Å². The second kappa shape index (κ2) is 8.04. The third-order valence-corrected chi connectivity index (χ3v) is 10.9. The van der Waals surface area contributed by atoms with E-state index in [4.69, 9.17) is 4.74 Å². The first-order valence-corrected chi connectivity index (χ1v) is 13.6. The van der Waals surface area contributed by atoms with Crippen LogP contribution in [0.3, 0.4) is 0 Å². The third kappa shape index (κ3) is 3.45. The fourth-order valence-electron chi connectivity index (χ4n) is 6.18. The second-order valence-corrected chi connectivity index (χ2v) is 12.2. The van der Waals surface area contributed by atoms with Crippen molar-refractivity contribution in [3.8, 4) is 0 Å². The lowest BCUT2D eigenvalue weighted by atomic mass is 9.75. The van der Waals surface area contributed by atoms with Crippen molar-refractivity contribution in [2.75, 3.05) is 26.3 Å². The Balaban J connectivity index is 1.40. The Morgan fingerprint density at radius 2 is 1.87 bits per heavy atom. The molecule has 8 heteroatoms. The molecule has 2 saturated carbocycles. The van der Waals surface area contributed by atoms with Gasteiger partial charge in [0.2, 0.25) is 5.91 Å². The smallest absolute Gasteiger partial charge is 0.308 e. The number of carbonyl (C=O) groups is 1. The Bertz CT molecular complexity index is 1060. The van der Waals surface area contributed by atoms with Gasteiger partial charge in [-0.1, -0.05) is 39.4 Å². The molecule has 4 unspecified atom stereocenters. The van der Waals surface area contributed by atoms with Crippen molar-refractivity contribution < 1.29 is 9.53 Å². The van der Waals surface area contributed by atoms with Crippen LogP contribution >= 0.6 is 39.0 Å². The molecule has 0 radical (unpaired) electrons. The second-order valence-electron chi connectivity index (χ2n) is 9.14. The maximum absolute atomic E-state index is 13.1. The molecule has 31 heavy (non-hydrogen) atoms. The molecule has 6 rings (SSSR count). The van der Waals surface area contributed by atoms with Crippen molar-refractivity contribution in [2.24, 2.45) is 17.8 Å². The highest BCUT2D eigenvalue weighted by molar-refractivity contribution is 9.10. The molecule has 1 amide bonds. The Morgan fingerprint density at radius 3 is 2.65 bits per heavy atom. The highest BCUT2D eigenvalue weighted by atomic mass is 79.9. The van der Waals surface area contributed by atoms with Crippen molar-refractivity contribution in [3.05, 3.63) is 48.8 Å². The van der Waals surface area contributed by atoms with Gasteiger partial charge < -0.3 is 9.64 Å². The van der Waals surface area contributed by atoms with Gasteiger partial charge in [-0.05, 0) is 54.7 Å². The molecule has 2 aliphatic heterocycles. The van der Waals surface area contributed by atoms with Gasteiger partial charge >= 0.3 is 4.87 Å². The molecule has 164 valence electrons. The average Bonchev–Trinajstić information content (AvgIpc) is 3.48. The zero-order chi connectivity index (χ0) is 21.1. The van der Waals surface area contributed by atoms with Gasteiger partial charge in [0, 0.05) is 33.6 Å². The Labute approximate surface area is 198 Å². The number of hydrogen-bond acceptors (Lipinski definition) is 5. The highest BCUT2D eigenvalue weighted by Gasteiger charge is 2.55. The summed E-state index contributed by atoms with van der Waals surface area (Å²) in [5.74, 6) is 2.39. The van der Waals surface area contributed by atoms with Crippen LogP contribution in [0, 0.1) is 17.8 Å². The normalized spacial score (nSPS) is 31.5. The lowest BCUT2D eigenvalue weighted by molar-refractivity contribution is -0.136. The molecule has 0 spiro atoms. The van der Waals surface area contributed by atoms with E-state index in [1.165, 1.54) is 41.0 Å². The standard InChI is InChI=1S/C23H25BrN2O3S2/c24-16-5-3-13(4-6-16)18-19-14-1-2-15(11-14)20(19)30-22-21(18)31-23(28)26(22)12-17(27)25-7-9-29-10-8-25/h3-6,14-15,18-20H,1-2,7-12H2/t14?,15?,18-,19?,20?/m1/s1. The minimum atomic E-state index is 0.00791. The van der Waals surface area contributed by atoms with Gasteiger partial charge in [0.15, 0.2) is 0 Å². The number of benzene rings is 1. The number of fused-ring (bicyclic) bond motifs is 6. The van der Waals surface area contributed by atoms with Crippen LogP contribution in [0.5, 0.6) is 0 Å². The summed E-state index contributed by atoms with van der Waals surface area (Å²) in [6.45, 7) is 2.54. The van der Waals surface area contributed by atoms with E-state index in [1.807, 2.05) is 16.7 Å². The quantitative estimate of drug-likeness (QED) is 0.608. The number of halogens is 1. The van der Waals surface area contributed by atoms with E-state index in [1.54, 1.807) is 4.57 Å². The first-order valence-electron chi connectivity index (χ1n) is 11.1. The number of morpholine rings is 1. The Kier molecular flexibility index (Phi) is 5.32. The zero-order valence-corrected chi connectivity index (χ0v) is 20.4. The minimum Gasteiger partial charge on any atom is -0.378 e. The van der Waals surface area contributed by atoms with Crippen LogP contribution in [-0.2, 0) is 16.1 Å². The molecule has 1 aromatic heterocycles. The molecule has 2 aromatic rings. The Morgan fingerprint density at radius 1 is 1.13 bits per heavy atom. The molecular weight excluding hydrogens is 496 g/mol. The highest BCUT2D eigenvalue weighted by Crippen LogP contribution is 2.64. The summed E-state index contributed by atoms with van der Waals surface area (Å²) in [6, 6.07) is 8.65. The molecule has 3 heterocycles. The van der Waals surface area contributed by atoms with E-state index >= 15 is 0 Å². The van der Waals surface area contributed by atoms with Gasteiger partial charge in [0.25, 0.3) is 0 Å². The van der Waals surface area contributed by atoms with Crippen molar-refractivity contribution in [3.63, 3.8) is 0 Å². The van der Waals surface area contributed by atoms with E-state index in [0.29, 0.717) is 37.5 Å². The van der Waals surface area contributed by atoms with E-state index in [9.17, 15) is 9.59 Å². The van der Waals surface area contributed by atoms with Gasteiger partial charge in [-0.3, -0.25) is 14.2 Å². The van der Waals surface area contributed by atoms with Crippen LogP contribution in [-0.4, -0.2) is 46.9 Å². The number of thiazole rings is 1. The molecule has 0 N–H and O–H groups in total. The summed E-state index contributed by atoms with van der Waals surface area (Å²) in [4.78, 5) is 29.1. The van der Waals surface area contributed by atoms with Gasteiger partial charge in [0.1, 0.15) is 6.54 Å². The number of carbonyl (C=O) groups excluding carboxylic acids is 1. The van der Waals surface area contributed by atoms with E-state index < -0.39 is 0 Å². The topological polar surface area (TPSA) is 51.5 Å². The Hall–Kier alpha value is -1.09. The maximum Gasteiger partial charge on any atom is 0.308 e. The molecule has 2 aliphatic carbocycles. The molecule has 4 aliphatic rings. The summed E-state index contributed by atoms with van der Waals surface area (Å²) in [7, 11) is 0. The van der Waals surface area contributed by atoms with Crippen molar-refractivity contribution in [1.29, 1.82) is 0 Å². The lowest BCUT2D eigenvalue weighted by Crippen LogP contribution is -2.43. The van der Waals surface area contributed by atoms with Crippen molar-refractivity contribution >= 4 is 44.9 Å². The SMILES string of the molecule is O=C(Cn1c2c(sc1=O)[C@H](c1ccc(Br)cc1)C1C3CCC(C3)C1S2)N1CCOCC1. The first-order chi connectivity index (χ1) is 15.1. The van der Waals surface area contributed by atoms with Crippen molar-refractivity contribution in [1.82, 2.24) is 9.47 Å². The van der Waals surface area contributed by atoms with Gasteiger partial charge in [0.05, 0.1) is 18.2 Å². The molecule has 3 fully saturated rings. The molecule has 5 atom stereocenters. The van der Waals surface area contributed by atoms with E-state index in [0.717, 1.165) is 21.3 Å². The van der Waals surface area contributed by atoms with E-state index in [2.05, 4.69) is 40.2 Å². The average molecular weight is 522 g/mol. The van der Waals surface area contributed by atoms with Crippen LogP contribution in [0.2, 0.25) is 0 Å². The van der Waals surface area contributed by atoms with Crippen LogP contribution in [0.1, 0.15) is 35.6 Å². The monoisotopic (exact) mass is 520 g/mol. The predicted octanol–water partition coefficient (Wildman–Crippen LogP) is 4.18. The summed E-state index contributed by atoms with van der Waals surface area (Å²) in [5.41, 5.74) is 1.31. The summed E-state index contributed by atoms with van der Waals surface area (Å²) < 4.78 is 8.23. The summed E-state index contributed by atoms with van der Waals surface area (Å²) in [6.07, 6.45) is 3.95. The number of amides is 1. The van der Waals surface area contributed by atoms with E-state index in [-0.39, 0.29) is 23.2 Å². The third-order valence-electron chi connectivity index (χ3n) is 7.58. The largest absolute Gasteiger partial charge is 0.378 e. The first kappa shape index (κ1) is 20.5. The zero-order valence-electron chi connectivity index (χ0n) is 17.2. The number of thioether (sulfide) groups is 1. The fraction of sp³-hybridized carbons (Fsp3) is 0.565. The number of rotatable bonds is 3.